The van der Waals surface area contributed by atoms with E-state index >= 15 is 0 Å². The third-order valence-corrected chi connectivity index (χ3v) is 2.14. The van der Waals surface area contributed by atoms with Gasteiger partial charge in [-0.1, -0.05) is 0 Å². The zero-order chi connectivity index (χ0) is 12.3. The Labute approximate surface area is 93.3 Å². The van der Waals surface area contributed by atoms with E-state index in [1.54, 1.807) is 19.9 Å². The highest BCUT2D eigenvalue weighted by atomic mass is 16.4. The van der Waals surface area contributed by atoms with Gasteiger partial charge in [-0.05, 0) is 37.6 Å². The number of aryl methyl sites for hydroxylation is 1. The molecule has 0 heterocycles. The lowest BCUT2D eigenvalue weighted by Crippen LogP contribution is -2.32. The first-order valence-corrected chi connectivity index (χ1v) is 4.82. The van der Waals surface area contributed by atoms with E-state index in [1.165, 1.54) is 12.1 Å². The Bertz CT molecular complexity index is 427. The topological polar surface area (TPSA) is 92.4 Å². The van der Waals surface area contributed by atoms with Crippen LogP contribution in [0.1, 0.15) is 22.8 Å². The highest BCUT2D eigenvalue weighted by Gasteiger charge is 2.10. The van der Waals surface area contributed by atoms with Crippen molar-refractivity contribution in [3.05, 3.63) is 29.3 Å². The summed E-state index contributed by atoms with van der Waals surface area (Å²) in [5, 5.41) is 11.4. The molecule has 0 spiro atoms. The van der Waals surface area contributed by atoms with Crippen LogP contribution < -0.4 is 11.1 Å². The fourth-order valence-corrected chi connectivity index (χ4v) is 1.24. The summed E-state index contributed by atoms with van der Waals surface area (Å²) in [5.74, 6) is -1.29. The zero-order valence-corrected chi connectivity index (χ0v) is 9.15. The molecule has 1 aromatic rings. The van der Waals surface area contributed by atoms with Crippen molar-refractivity contribution in [2.24, 2.45) is 5.73 Å². The molecule has 0 aliphatic carbocycles. The average molecular weight is 222 g/mol. The Morgan fingerprint density at radius 1 is 1.44 bits per heavy atom. The number of hydrogen-bond acceptors (Lipinski definition) is 3. The van der Waals surface area contributed by atoms with Crippen LogP contribution in [0.15, 0.2) is 18.2 Å². The van der Waals surface area contributed by atoms with E-state index in [0.717, 1.165) is 0 Å². The first-order chi connectivity index (χ1) is 7.41. The standard InChI is InChI=1S/C11H14N2O3/c1-6-5-8(13-10(14)7(2)12)3-4-9(6)11(15)16/h3-5,7H,12H2,1-2H3,(H,13,14)(H,15,16)/t7-/m0/s1. The molecule has 0 fully saturated rings. The Morgan fingerprint density at radius 2 is 2.06 bits per heavy atom. The first-order valence-electron chi connectivity index (χ1n) is 4.82. The van der Waals surface area contributed by atoms with E-state index in [0.29, 0.717) is 11.3 Å². The van der Waals surface area contributed by atoms with Crippen molar-refractivity contribution in [3.8, 4) is 0 Å². The number of carboxylic acid groups (broad SMARTS) is 1. The molecular formula is C11H14N2O3. The highest BCUT2D eigenvalue weighted by molar-refractivity contribution is 5.95. The summed E-state index contributed by atoms with van der Waals surface area (Å²) in [5.41, 5.74) is 6.75. The molecule has 1 aromatic carbocycles. The lowest BCUT2D eigenvalue weighted by atomic mass is 10.1. The number of benzene rings is 1. The molecule has 86 valence electrons. The number of amides is 1. The van der Waals surface area contributed by atoms with E-state index in [9.17, 15) is 9.59 Å². The van der Waals surface area contributed by atoms with Crippen LogP contribution in [0.4, 0.5) is 5.69 Å². The number of hydrogen-bond donors (Lipinski definition) is 3. The number of carboxylic acids is 1. The number of rotatable bonds is 3. The Hall–Kier alpha value is -1.88. The molecule has 1 amide bonds. The maximum atomic E-state index is 11.3. The molecule has 0 aliphatic heterocycles. The molecular weight excluding hydrogens is 208 g/mol. The van der Waals surface area contributed by atoms with Gasteiger partial charge in [-0.3, -0.25) is 4.79 Å². The van der Waals surface area contributed by atoms with Gasteiger partial charge in [0.1, 0.15) is 0 Å². The van der Waals surface area contributed by atoms with Gasteiger partial charge in [0.15, 0.2) is 0 Å². The number of anilines is 1. The predicted octanol–water partition coefficient (Wildman–Crippen LogP) is 0.979. The fraction of sp³-hybridized carbons (Fsp3) is 0.273. The molecule has 0 radical (unpaired) electrons. The van der Waals surface area contributed by atoms with Crippen LogP contribution in [0, 0.1) is 6.92 Å². The van der Waals surface area contributed by atoms with Crippen molar-refractivity contribution >= 4 is 17.6 Å². The predicted molar refractivity (Wildman–Crippen MR) is 60.4 cm³/mol. The Morgan fingerprint density at radius 3 is 2.50 bits per heavy atom. The van der Waals surface area contributed by atoms with Crippen molar-refractivity contribution in [2.75, 3.05) is 5.32 Å². The monoisotopic (exact) mass is 222 g/mol. The summed E-state index contributed by atoms with van der Waals surface area (Å²) in [4.78, 5) is 22.0. The van der Waals surface area contributed by atoms with E-state index in [4.69, 9.17) is 10.8 Å². The molecule has 0 aliphatic rings. The van der Waals surface area contributed by atoms with Gasteiger partial charge in [0, 0.05) is 5.69 Å². The number of carbonyl (C=O) groups excluding carboxylic acids is 1. The molecule has 0 bridgehead atoms. The van der Waals surface area contributed by atoms with Crippen LogP contribution in [0.5, 0.6) is 0 Å². The van der Waals surface area contributed by atoms with Gasteiger partial charge in [-0.15, -0.1) is 0 Å². The van der Waals surface area contributed by atoms with Gasteiger partial charge in [0.2, 0.25) is 5.91 Å². The van der Waals surface area contributed by atoms with Crippen LogP contribution in [0.2, 0.25) is 0 Å². The minimum absolute atomic E-state index is 0.221. The summed E-state index contributed by atoms with van der Waals surface area (Å²) in [6.45, 7) is 3.25. The van der Waals surface area contributed by atoms with Crippen molar-refractivity contribution < 1.29 is 14.7 Å². The second-order valence-electron chi connectivity index (χ2n) is 3.61. The average Bonchev–Trinajstić information content (AvgIpc) is 2.16. The number of nitrogens with one attached hydrogen (secondary N) is 1. The second kappa shape index (κ2) is 4.76. The van der Waals surface area contributed by atoms with Crippen molar-refractivity contribution in [1.29, 1.82) is 0 Å². The minimum atomic E-state index is -0.984. The molecule has 1 atom stereocenters. The van der Waals surface area contributed by atoms with Crippen LogP contribution in [0.25, 0.3) is 0 Å². The summed E-state index contributed by atoms with van der Waals surface area (Å²) in [6.07, 6.45) is 0. The Balaban J connectivity index is 2.90. The maximum absolute atomic E-state index is 11.3. The van der Waals surface area contributed by atoms with E-state index in [2.05, 4.69) is 5.32 Å². The summed E-state index contributed by atoms with van der Waals surface area (Å²) in [6, 6.07) is 3.99. The molecule has 0 saturated heterocycles. The van der Waals surface area contributed by atoms with Crippen LogP contribution in [-0.2, 0) is 4.79 Å². The van der Waals surface area contributed by atoms with E-state index < -0.39 is 12.0 Å². The lowest BCUT2D eigenvalue weighted by molar-refractivity contribution is -0.117. The molecule has 0 unspecified atom stereocenters. The smallest absolute Gasteiger partial charge is 0.335 e. The number of aromatic carboxylic acids is 1. The van der Waals surface area contributed by atoms with Crippen molar-refractivity contribution in [2.45, 2.75) is 19.9 Å². The highest BCUT2D eigenvalue weighted by Crippen LogP contribution is 2.15. The number of nitrogens with two attached hydrogens (primary N) is 1. The van der Waals surface area contributed by atoms with Crippen molar-refractivity contribution in [3.63, 3.8) is 0 Å². The largest absolute Gasteiger partial charge is 0.478 e. The quantitative estimate of drug-likeness (QED) is 0.710. The second-order valence-corrected chi connectivity index (χ2v) is 3.61. The van der Waals surface area contributed by atoms with Gasteiger partial charge in [0.25, 0.3) is 0 Å². The summed E-state index contributed by atoms with van der Waals surface area (Å²) >= 11 is 0. The molecule has 4 N–H and O–H groups in total. The third-order valence-electron chi connectivity index (χ3n) is 2.14. The molecule has 0 saturated carbocycles. The first kappa shape index (κ1) is 12.2. The van der Waals surface area contributed by atoms with Crippen molar-refractivity contribution in [1.82, 2.24) is 0 Å². The van der Waals surface area contributed by atoms with Gasteiger partial charge in [-0.2, -0.15) is 0 Å². The van der Waals surface area contributed by atoms with Crippen LogP contribution >= 0.6 is 0 Å². The lowest BCUT2D eigenvalue weighted by Gasteiger charge is -2.09. The summed E-state index contributed by atoms with van der Waals surface area (Å²) < 4.78 is 0. The molecule has 5 heteroatoms. The molecule has 0 aromatic heterocycles. The van der Waals surface area contributed by atoms with Gasteiger partial charge >= 0.3 is 5.97 Å². The van der Waals surface area contributed by atoms with Gasteiger partial charge in [0.05, 0.1) is 11.6 Å². The fourth-order valence-electron chi connectivity index (χ4n) is 1.24. The normalized spacial score (nSPS) is 11.9. The SMILES string of the molecule is Cc1cc(NC(=O)[C@H](C)N)ccc1C(=O)O. The third kappa shape index (κ3) is 2.80. The van der Waals surface area contributed by atoms with E-state index in [-0.39, 0.29) is 11.5 Å². The Kier molecular flexibility index (Phi) is 3.63. The van der Waals surface area contributed by atoms with Crippen LogP contribution in [-0.4, -0.2) is 23.0 Å². The minimum Gasteiger partial charge on any atom is -0.478 e. The maximum Gasteiger partial charge on any atom is 0.335 e. The van der Waals surface area contributed by atoms with E-state index in [1.807, 2.05) is 0 Å². The number of carbonyl (C=O) groups is 2. The molecule has 5 nitrogen and oxygen atoms in total. The van der Waals surface area contributed by atoms with Crippen LogP contribution in [0.3, 0.4) is 0 Å². The van der Waals surface area contributed by atoms with Gasteiger partial charge in [-0.25, -0.2) is 4.79 Å². The summed E-state index contributed by atoms with van der Waals surface area (Å²) in [7, 11) is 0. The molecule has 16 heavy (non-hydrogen) atoms. The molecule has 1 rings (SSSR count). The van der Waals surface area contributed by atoms with Gasteiger partial charge < -0.3 is 16.2 Å². The zero-order valence-electron chi connectivity index (χ0n) is 9.15.